The van der Waals surface area contributed by atoms with Crippen molar-refractivity contribution in [3.8, 4) is 11.1 Å². The van der Waals surface area contributed by atoms with E-state index in [1.165, 1.54) is 41.5 Å². The molecule has 136 valence electrons. The molecule has 1 fully saturated rings. The van der Waals surface area contributed by atoms with E-state index in [9.17, 15) is 0 Å². The minimum Gasteiger partial charge on any atom is -0.351 e. The van der Waals surface area contributed by atoms with E-state index < -0.39 is 0 Å². The summed E-state index contributed by atoms with van der Waals surface area (Å²) in [7, 11) is 0. The van der Waals surface area contributed by atoms with Gasteiger partial charge in [0.25, 0.3) is 0 Å². The summed E-state index contributed by atoms with van der Waals surface area (Å²) in [5.74, 6) is 0.995. The summed E-state index contributed by atoms with van der Waals surface area (Å²) in [6.45, 7) is 8.89. The van der Waals surface area contributed by atoms with Crippen molar-refractivity contribution in [3.63, 3.8) is 0 Å². The summed E-state index contributed by atoms with van der Waals surface area (Å²) in [6.07, 6.45) is 3.65. The molecule has 1 saturated heterocycles. The van der Waals surface area contributed by atoms with Crippen LogP contribution >= 0.6 is 22.9 Å². The van der Waals surface area contributed by atoms with Crippen molar-refractivity contribution < 1.29 is 0 Å². The molecule has 5 heteroatoms. The van der Waals surface area contributed by atoms with Gasteiger partial charge in [-0.25, -0.2) is 4.98 Å². The van der Waals surface area contributed by atoms with Crippen molar-refractivity contribution in [1.82, 2.24) is 9.97 Å². The van der Waals surface area contributed by atoms with E-state index in [1.807, 2.05) is 0 Å². The van der Waals surface area contributed by atoms with Crippen LogP contribution in [0.5, 0.6) is 0 Å². The Kier molecular flexibility index (Phi) is 4.66. The minimum atomic E-state index is 0.339. The maximum absolute atomic E-state index is 6.30. The molecule has 2 unspecified atom stereocenters. The molecule has 3 nitrogen and oxygen atoms in total. The standard InChI is InChI=1S/C21H24ClN3S/c1-12-8-9-16(10-13(12)2)17-11-26-20-18(17)19(23-21(22)24-20)25-14(3)6-5-7-15(25)4/h8-11,14-15H,5-7H2,1-4H3. The second-order valence-corrected chi connectivity index (χ2v) is 8.68. The van der Waals surface area contributed by atoms with E-state index >= 15 is 0 Å². The zero-order valence-electron chi connectivity index (χ0n) is 15.7. The Morgan fingerprint density at radius 2 is 1.81 bits per heavy atom. The van der Waals surface area contributed by atoms with E-state index in [-0.39, 0.29) is 0 Å². The number of rotatable bonds is 2. The van der Waals surface area contributed by atoms with Gasteiger partial charge in [-0.15, -0.1) is 11.3 Å². The van der Waals surface area contributed by atoms with E-state index in [2.05, 4.69) is 61.2 Å². The van der Waals surface area contributed by atoms with Crippen LogP contribution in [0.2, 0.25) is 5.28 Å². The third-order valence-corrected chi connectivity index (χ3v) is 6.68. The second kappa shape index (κ2) is 6.82. The summed E-state index contributed by atoms with van der Waals surface area (Å²) >= 11 is 7.95. The fraction of sp³-hybridized carbons (Fsp3) is 0.429. The molecule has 0 radical (unpaired) electrons. The van der Waals surface area contributed by atoms with Crippen LogP contribution < -0.4 is 4.90 Å². The topological polar surface area (TPSA) is 29.0 Å². The number of hydrogen-bond donors (Lipinski definition) is 0. The summed E-state index contributed by atoms with van der Waals surface area (Å²) in [5, 5.41) is 3.68. The highest BCUT2D eigenvalue weighted by atomic mass is 35.5. The molecule has 1 aliphatic heterocycles. The first-order chi connectivity index (χ1) is 12.5. The maximum Gasteiger partial charge on any atom is 0.225 e. The van der Waals surface area contributed by atoms with E-state index in [4.69, 9.17) is 16.6 Å². The van der Waals surface area contributed by atoms with Gasteiger partial charge < -0.3 is 4.90 Å². The van der Waals surface area contributed by atoms with Crippen molar-refractivity contribution in [1.29, 1.82) is 0 Å². The largest absolute Gasteiger partial charge is 0.351 e. The van der Waals surface area contributed by atoms with Crippen LogP contribution in [0.3, 0.4) is 0 Å². The lowest BCUT2D eigenvalue weighted by atomic mass is 9.96. The number of benzene rings is 1. The molecule has 2 atom stereocenters. The quantitative estimate of drug-likeness (QED) is 0.478. The minimum absolute atomic E-state index is 0.339. The normalized spacial score (nSPS) is 20.7. The fourth-order valence-corrected chi connectivity index (χ4v) is 5.20. The molecule has 0 amide bonds. The van der Waals surface area contributed by atoms with Gasteiger partial charge in [0, 0.05) is 23.0 Å². The van der Waals surface area contributed by atoms with Crippen LogP contribution in [0, 0.1) is 13.8 Å². The molecule has 1 aromatic carbocycles. The predicted octanol–water partition coefficient (Wildman–Crippen LogP) is 6.40. The predicted molar refractivity (Wildman–Crippen MR) is 113 cm³/mol. The second-order valence-electron chi connectivity index (χ2n) is 7.48. The molecule has 26 heavy (non-hydrogen) atoms. The number of hydrogen-bond acceptors (Lipinski definition) is 4. The van der Waals surface area contributed by atoms with Crippen LogP contribution in [0.25, 0.3) is 21.3 Å². The first-order valence-corrected chi connectivity index (χ1v) is 10.5. The van der Waals surface area contributed by atoms with E-state index in [0.717, 1.165) is 16.0 Å². The lowest BCUT2D eigenvalue weighted by Crippen LogP contribution is -2.44. The Bertz CT molecular complexity index is 955. The van der Waals surface area contributed by atoms with Gasteiger partial charge in [0.15, 0.2) is 0 Å². The van der Waals surface area contributed by atoms with Crippen LogP contribution in [0.1, 0.15) is 44.2 Å². The number of anilines is 1. The van der Waals surface area contributed by atoms with Crippen molar-refractivity contribution in [3.05, 3.63) is 40.0 Å². The van der Waals surface area contributed by atoms with E-state index in [1.54, 1.807) is 11.3 Å². The third-order valence-electron chi connectivity index (χ3n) is 5.64. The highest BCUT2D eigenvalue weighted by Gasteiger charge is 2.29. The Labute approximate surface area is 164 Å². The first kappa shape index (κ1) is 17.7. The van der Waals surface area contributed by atoms with Crippen molar-refractivity contribution in [2.45, 2.75) is 59.0 Å². The highest BCUT2D eigenvalue weighted by Crippen LogP contribution is 2.41. The van der Waals surface area contributed by atoms with Crippen molar-refractivity contribution >= 4 is 39.0 Å². The summed E-state index contributed by atoms with van der Waals surface area (Å²) < 4.78 is 0. The van der Waals surface area contributed by atoms with Gasteiger partial charge in [0.2, 0.25) is 5.28 Å². The van der Waals surface area contributed by atoms with Crippen LogP contribution in [-0.2, 0) is 0 Å². The third kappa shape index (κ3) is 2.99. The molecule has 2 aromatic heterocycles. The highest BCUT2D eigenvalue weighted by molar-refractivity contribution is 7.17. The summed E-state index contributed by atoms with van der Waals surface area (Å²) in [4.78, 5) is 12.7. The Morgan fingerprint density at radius 1 is 1.08 bits per heavy atom. The number of halogens is 1. The van der Waals surface area contributed by atoms with Crippen molar-refractivity contribution in [2.24, 2.45) is 0 Å². The average molecular weight is 386 g/mol. The SMILES string of the molecule is Cc1ccc(-c2csc3nc(Cl)nc(N4C(C)CCCC4C)c23)cc1C. The molecular formula is C21H24ClN3S. The molecule has 3 heterocycles. The monoisotopic (exact) mass is 385 g/mol. The Morgan fingerprint density at radius 3 is 2.50 bits per heavy atom. The van der Waals surface area contributed by atoms with Crippen LogP contribution in [0.15, 0.2) is 23.6 Å². The van der Waals surface area contributed by atoms with Crippen LogP contribution in [-0.4, -0.2) is 22.1 Å². The lowest BCUT2D eigenvalue weighted by molar-refractivity contribution is 0.412. The molecule has 4 rings (SSSR count). The van der Waals surface area contributed by atoms with Gasteiger partial charge in [-0.2, -0.15) is 4.98 Å². The number of aromatic nitrogens is 2. The van der Waals surface area contributed by atoms with Crippen molar-refractivity contribution in [2.75, 3.05) is 4.90 Å². The Hall–Kier alpha value is -1.65. The van der Waals surface area contributed by atoms with Gasteiger partial charge in [-0.3, -0.25) is 0 Å². The number of nitrogens with zero attached hydrogens (tertiary/aromatic N) is 3. The smallest absolute Gasteiger partial charge is 0.225 e. The number of thiophene rings is 1. The Balaban J connectivity index is 1.95. The zero-order valence-corrected chi connectivity index (χ0v) is 17.3. The van der Waals surface area contributed by atoms with E-state index in [0.29, 0.717) is 17.4 Å². The van der Waals surface area contributed by atoms with Crippen LogP contribution in [0.4, 0.5) is 5.82 Å². The molecular weight excluding hydrogens is 362 g/mol. The molecule has 0 spiro atoms. The fourth-order valence-electron chi connectivity index (χ4n) is 4.05. The molecule has 0 aliphatic carbocycles. The summed E-state index contributed by atoms with van der Waals surface area (Å²) in [5.41, 5.74) is 5.05. The number of piperidine rings is 1. The average Bonchev–Trinajstić information content (AvgIpc) is 3.01. The summed E-state index contributed by atoms with van der Waals surface area (Å²) in [6, 6.07) is 7.57. The maximum atomic E-state index is 6.30. The molecule has 3 aromatic rings. The van der Waals surface area contributed by atoms with Gasteiger partial charge in [0.05, 0.1) is 5.39 Å². The molecule has 1 aliphatic rings. The zero-order chi connectivity index (χ0) is 18.4. The number of aryl methyl sites for hydroxylation is 2. The van der Waals surface area contributed by atoms with Gasteiger partial charge in [0.1, 0.15) is 10.6 Å². The lowest BCUT2D eigenvalue weighted by Gasteiger charge is -2.40. The first-order valence-electron chi connectivity index (χ1n) is 9.26. The number of fused-ring (bicyclic) bond motifs is 1. The van der Waals surface area contributed by atoms with Gasteiger partial charge in [-0.1, -0.05) is 18.2 Å². The molecule has 0 bridgehead atoms. The molecule has 0 N–H and O–H groups in total. The van der Waals surface area contributed by atoms with Gasteiger partial charge >= 0.3 is 0 Å². The molecule has 0 saturated carbocycles. The van der Waals surface area contributed by atoms with Gasteiger partial charge in [-0.05, 0) is 75.2 Å².